The number of anilines is 2. The molecule has 0 spiro atoms. The van der Waals surface area contributed by atoms with Crippen LogP contribution < -0.4 is 9.62 Å². The highest BCUT2D eigenvalue weighted by molar-refractivity contribution is 7.92. The fourth-order valence-corrected chi connectivity index (χ4v) is 4.76. The Morgan fingerprint density at radius 1 is 0.886 bits per heavy atom. The van der Waals surface area contributed by atoms with E-state index in [1.54, 1.807) is 61.5 Å². The van der Waals surface area contributed by atoms with E-state index < -0.39 is 28.0 Å². The number of benzene rings is 3. The second kappa shape index (κ2) is 11.0. The molecule has 0 saturated heterocycles. The lowest BCUT2D eigenvalue weighted by Crippen LogP contribution is -2.31. The monoisotopic (exact) mass is 494 g/mol. The Bertz CT molecular complexity index is 1300. The number of rotatable bonds is 9. The largest absolute Gasteiger partial charge is 0.449 e. The molecule has 182 valence electrons. The number of carbonyl (C=O) groups is 3. The summed E-state index contributed by atoms with van der Waals surface area (Å²) >= 11 is 0. The summed E-state index contributed by atoms with van der Waals surface area (Å²) in [6.45, 7) is 4.84. The van der Waals surface area contributed by atoms with Crippen LogP contribution >= 0.6 is 0 Å². The molecule has 0 aromatic heterocycles. The van der Waals surface area contributed by atoms with Crippen LogP contribution in [0.5, 0.6) is 0 Å². The number of esters is 1. The van der Waals surface area contributed by atoms with E-state index >= 15 is 0 Å². The smallest absolute Gasteiger partial charge is 0.338 e. The zero-order valence-electron chi connectivity index (χ0n) is 19.6. The number of para-hydroxylation sites is 1. The molecule has 0 heterocycles. The molecule has 8 nitrogen and oxygen atoms in total. The van der Waals surface area contributed by atoms with Crippen LogP contribution in [0.15, 0.2) is 83.8 Å². The van der Waals surface area contributed by atoms with E-state index in [1.165, 1.54) is 42.4 Å². The summed E-state index contributed by atoms with van der Waals surface area (Å²) in [6, 6.07) is 20.4. The number of hydrogen-bond donors (Lipinski definition) is 1. The highest BCUT2D eigenvalue weighted by atomic mass is 32.2. The molecule has 1 atom stereocenters. The number of amides is 1. The van der Waals surface area contributed by atoms with Crippen LogP contribution in [0.2, 0.25) is 0 Å². The Morgan fingerprint density at radius 2 is 1.46 bits per heavy atom. The number of sulfonamides is 1. The molecule has 1 amide bonds. The van der Waals surface area contributed by atoms with Gasteiger partial charge < -0.3 is 10.1 Å². The van der Waals surface area contributed by atoms with E-state index in [0.717, 1.165) is 0 Å². The van der Waals surface area contributed by atoms with Crippen molar-refractivity contribution < 1.29 is 27.5 Å². The standard InChI is InChI=1S/C26H26N2O6S/c1-4-28(23-8-6-5-7-9-23)35(32,33)24-16-12-21(13-17-24)26(31)34-19(3)25(30)27-22-14-10-20(11-15-22)18(2)29/h5-17,19H,4H2,1-3H3,(H,27,30). The Kier molecular flexibility index (Phi) is 8.03. The molecular formula is C26H26N2O6S. The van der Waals surface area contributed by atoms with Gasteiger partial charge in [-0.05, 0) is 81.4 Å². The number of Topliss-reactive ketones (excluding diaryl/α,β-unsaturated/α-hetero) is 1. The first-order chi connectivity index (χ1) is 16.6. The Labute approximate surface area is 204 Å². The lowest BCUT2D eigenvalue weighted by molar-refractivity contribution is -0.123. The fourth-order valence-electron chi connectivity index (χ4n) is 3.29. The first kappa shape index (κ1) is 25.6. The summed E-state index contributed by atoms with van der Waals surface area (Å²) < 4.78 is 32.7. The van der Waals surface area contributed by atoms with Crippen molar-refractivity contribution in [2.45, 2.75) is 31.8 Å². The number of carbonyl (C=O) groups excluding carboxylic acids is 3. The predicted octanol–water partition coefficient (Wildman–Crippen LogP) is 4.29. The van der Waals surface area contributed by atoms with Gasteiger partial charge in [-0.15, -0.1) is 0 Å². The van der Waals surface area contributed by atoms with Gasteiger partial charge >= 0.3 is 5.97 Å². The van der Waals surface area contributed by atoms with E-state index in [1.807, 2.05) is 0 Å². The molecule has 0 radical (unpaired) electrons. The van der Waals surface area contributed by atoms with E-state index in [4.69, 9.17) is 4.74 Å². The van der Waals surface area contributed by atoms with Crippen molar-refractivity contribution in [1.82, 2.24) is 0 Å². The van der Waals surface area contributed by atoms with Gasteiger partial charge in [-0.2, -0.15) is 0 Å². The van der Waals surface area contributed by atoms with Crippen molar-refractivity contribution in [2.75, 3.05) is 16.2 Å². The first-order valence-corrected chi connectivity index (χ1v) is 12.4. The number of hydrogen-bond acceptors (Lipinski definition) is 6. The van der Waals surface area contributed by atoms with Crippen LogP contribution in [0.25, 0.3) is 0 Å². The van der Waals surface area contributed by atoms with Gasteiger partial charge in [0.05, 0.1) is 16.1 Å². The molecule has 1 unspecified atom stereocenters. The number of nitrogens with zero attached hydrogens (tertiary/aromatic N) is 1. The van der Waals surface area contributed by atoms with Gasteiger partial charge in [0.15, 0.2) is 11.9 Å². The Hall–Kier alpha value is -3.98. The maximum Gasteiger partial charge on any atom is 0.338 e. The first-order valence-electron chi connectivity index (χ1n) is 10.9. The van der Waals surface area contributed by atoms with Crippen LogP contribution in [0.4, 0.5) is 11.4 Å². The quantitative estimate of drug-likeness (QED) is 0.351. The minimum Gasteiger partial charge on any atom is -0.449 e. The van der Waals surface area contributed by atoms with Gasteiger partial charge in [0.25, 0.3) is 15.9 Å². The summed E-state index contributed by atoms with van der Waals surface area (Å²) in [4.78, 5) is 36.3. The van der Waals surface area contributed by atoms with Gasteiger partial charge in [0.1, 0.15) is 0 Å². The average Bonchev–Trinajstić information content (AvgIpc) is 2.85. The molecular weight excluding hydrogens is 468 g/mol. The minimum atomic E-state index is -3.83. The van der Waals surface area contributed by atoms with Gasteiger partial charge in [0.2, 0.25) is 0 Å². The van der Waals surface area contributed by atoms with Crippen LogP contribution in [0.3, 0.4) is 0 Å². The Morgan fingerprint density at radius 3 is 2.00 bits per heavy atom. The zero-order chi connectivity index (χ0) is 25.6. The second-order valence-corrected chi connectivity index (χ2v) is 9.56. The molecule has 1 N–H and O–H groups in total. The van der Waals surface area contributed by atoms with Crippen LogP contribution in [-0.4, -0.2) is 38.7 Å². The number of ether oxygens (including phenoxy) is 1. The predicted molar refractivity (Wildman–Crippen MR) is 133 cm³/mol. The Balaban J connectivity index is 1.66. The lowest BCUT2D eigenvalue weighted by Gasteiger charge is -2.23. The normalized spacial score (nSPS) is 11.9. The zero-order valence-corrected chi connectivity index (χ0v) is 20.4. The fraction of sp³-hybridized carbons (Fsp3) is 0.192. The van der Waals surface area contributed by atoms with Gasteiger partial charge in [0, 0.05) is 17.8 Å². The molecule has 3 aromatic carbocycles. The topological polar surface area (TPSA) is 110 Å². The van der Waals surface area contributed by atoms with Crippen LogP contribution in [-0.2, 0) is 19.6 Å². The van der Waals surface area contributed by atoms with Crippen LogP contribution in [0.1, 0.15) is 41.5 Å². The summed E-state index contributed by atoms with van der Waals surface area (Å²) in [5, 5.41) is 2.62. The summed E-state index contributed by atoms with van der Waals surface area (Å²) in [6.07, 6.45) is -1.10. The maximum absolute atomic E-state index is 13.1. The van der Waals surface area contributed by atoms with Crippen molar-refractivity contribution in [3.05, 3.63) is 90.0 Å². The third-order valence-electron chi connectivity index (χ3n) is 5.22. The molecule has 3 rings (SSSR count). The summed E-state index contributed by atoms with van der Waals surface area (Å²) in [5.74, 6) is -1.40. The van der Waals surface area contributed by atoms with E-state index in [0.29, 0.717) is 16.9 Å². The van der Waals surface area contributed by atoms with E-state index in [9.17, 15) is 22.8 Å². The van der Waals surface area contributed by atoms with E-state index in [2.05, 4.69) is 5.32 Å². The second-order valence-electron chi connectivity index (χ2n) is 7.70. The highest BCUT2D eigenvalue weighted by Gasteiger charge is 2.24. The van der Waals surface area contributed by atoms with Gasteiger partial charge in [-0.25, -0.2) is 13.2 Å². The highest BCUT2D eigenvalue weighted by Crippen LogP contribution is 2.23. The summed E-state index contributed by atoms with van der Waals surface area (Å²) in [5.41, 5.74) is 1.61. The average molecular weight is 495 g/mol. The minimum absolute atomic E-state index is 0.0274. The molecule has 35 heavy (non-hydrogen) atoms. The molecule has 9 heteroatoms. The molecule has 3 aromatic rings. The van der Waals surface area contributed by atoms with Crippen molar-refractivity contribution in [3.63, 3.8) is 0 Å². The van der Waals surface area contributed by atoms with E-state index in [-0.39, 0.29) is 22.8 Å². The summed E-state index contributed by atoms with van der Waals surface area (Å²) in [7, 11) is -3.83. The van der Waals surface area contributed by atoms with Crippen molar-refractivity contribution in [3.8, 4) is 0 Å². The van der Waals surface area contributed by atoms with Crippen molar-refractivity contribution >= 4 is 39.1 Å². The SMILES string of the molecule is CCN(c1ccccc1)S(=O)(=O)c1ccc(C(=O)OC(C)C(=O)Nc2ccc(C(C)=O)cc2)cc1. The van der Waals surface area contributed by atoms with Gasteiger partial charge in [-0.3, -0.25) is 13.9 Å². The number of nitrogens with one attached hydrogen (secondary N) is 1. The molecule has 0 saturated carbocycles. The third kappa shape index (κ3) is 6.13. The molecule has 0 aliphatic heterocycles. The molecule has 0 bridgehead atoms. The number of ketones is 1. The molecule has 0 fully saturated rings. The third-order valence-corrected chi connectivity index (χ3v) is 7.14. The van der Waals surface area contributed by atoms with Crippen molar-refractivity contribution in [2.24, 2.45) is 0 Å². The van der Waals surface area contributed by atoms with Crippen molar-refractivity contribution in [1.29, 1.82) is 0 Å². The van der Waals surface area contributed by atoms with Gasteiger partial charge in [-0.1, -0.05) is 18.2 Å². The van der Waals surface area contributed by atoms with Crippen LogP contribution in [0, 0.1) is 0 Å². The lowest BCUT2D eigenvalue weighted by atomic mass is 10.1. The molecule has 0 aliphatic rings. The molecule has 0 aliphatic carbocycles. The maximum atomic E-state index is 13.1.